The number of piperidine rings is 1. The van der Waals surface area contributed by atoms with Crippen molar-refractivity contribution < 1.29 is 19.1 Å². The molecule has 0 radical (unpaired) electrons. The largest absolute Gasteiger partial charge is 0.495 e. The molecule has 0 unspecified atom stereocenters. The van der Waals surface area contributed by atoms with Gasteiger partial charge in [0.1, 0.15) is 5.75 Å². The molecular formula is C26H35N3O4. The van der Waals surface area contributed by atoms with Crippen LogP contribution in [0.1, 0.15) is 64.2 Å². The lowest BCUT2D eigenvalue weighted by Crippen LogP contribution is -2.53. The van der Waals surface area contributed by atoms with Crippen LogP contribution in [0.2, 0.25) is 0 Å². The zero-order valence-electron chi connectivity index (χ0n) is 19.5. The van der Waals surface area contributed by atoms with E-state index in [0.717, 1.165) is 49.9 Å². The SMILES string of the molecule is COc1ccc(NC(=O)CCNC(=O)C23CC4CC(CC(C4)C2)C3)cc1N1CCCCC1=O. The van der Waals surface area contributed by atoms with E-state index in [1.807, 2.05) is 0 Å². The molecule has 7 heteroatoms. The van der Waals surface area contributed by atoms with Crippen molar-refractivity contribution in [2.75, 3.05) is 30.4 Å². The van der Waals surface area contributed by atoms with Crippen LogP contribution in [0, 0.1) is 23.2 Å². The van der Waals surface area contributed by atoms with Crippen molar-refractivity contribution >= 4 is 29.1 Å². The summed E-state index contributed by atoms with van der Waals surface area (Å²) in [7, 11) is 1.58. The van der Waals surface area contributed by atoms with Crippen LogP contribution in [0.25, 0.3) is 0 Å². The van der Waals surface area contributed by atoms with Crippen molar-refractivity contribution in [3.8, 4) is 5.75 Å². The van der Waals surface area contributed by atoms with E-state index >= 15 is 0 Å². The summed E-state index contributed by atoms with van der Waals surface area (Å²) in [6.45, 7) is 1.00. The quantitative estimate of drug-likeness (QED) is 0.656. The number of amides is 3. The minimum atomic E-state index is -0.183. The van der Waals surface area contributed by atoms with Gasteiger partial charge in [-0.3, -0.25) is 14.4 Å². The second-order valence-electron chi connectivity index (χ2n) is 10.6. The van der Waals surface area contributed by atoms with E-state index in [-0.39, 0.29) is 29.6 Å². The first-order valence-electron chi connectivity index (χ1n) is 12.5. The molecule has 4 bridgehead atoms. The normalized spacial score (nSPS) is 30.3. The van der Waals surface area contributed by atoms with Crippen LogP contribution >= 0.6 is 0 Å². The zero-order valence-corrected chi connectivity index (χ0v) is 19.5. The highest BCUT2D eigenvalue weighted by Gasteiger charge is 2.54. The number of nitrogens with one attached hydrogen (secondary N) is 2. The van der Waals surface area contributed by atoms with E-state index in [9.17, 15) is 14.4 Å². The van der Waals surface area contributed by atoms with Crippen LogP contribution < -0.4 is 20.3 Å². The summed E-state index contributed by atoms with van der Waals surface area (Å²) < 4.78 is 5.44. The maximum absolute atomic E-state index is 13.1. The van der Waals surface area contributed by atoms with Gasteiger partial charge in [0.15, 0.2) is 0 Å². The molecule has 1 saturated heterocycles. The molecule has 5 aliphatic rings. The van der Waals surface area contributed by atoms with Crippen LogP contribution in [0.5, 0.6) is 5.75 Å². The minimum absolute atomic E-state index is 0.0791. The fraction of sp³-hybridized carbons (Fsp3) is 0.654. The van der Waals surface area contributed by atoms with Crippen molar-refractivity contribution in [2.45, 2.75) is 64.2 Å². The molecular weight excluding hydrogens is 418 g/mol. The molecule has 0 aromatic heterocycles. The van der Waals surface area contributed by atoms with E-state index in [4.69, 9.17) is 4.74 Å². The minimum Gasteiger partial charge on any atom is -0.495 e. The summed E-state index contributed by atoms with van der Waals surface area (Å²) in [5.74, 6) is 2.87. The molecule has 5 fully saturated rings. The van der Waals surface area contributed by atoms with Crippen LogP contribution in [0.4, 0.5) is 11.4 Å². The van der Waals surface area contributed by atoms with E-state index in [1.54, 1.807) is 30.2 Å². The van der Waals surface area contributed by atoms with Crippen molar-refractivity contribution in [1.29, 1.82) is 0 Å². The van der Waals surface area contributed by atoms with E-state index in [1.165, 1.54) is 19.3 Å². The lowest BCUT2D eigenvalue weighted by Gasteiger charge is -2.55. The summed E-state index contributed by atoms with van der Waals surface area (Å²) in [6, 6.07) is 5.36. The van der Waals surface area contributed by atoms with Crippen molar-refractivity contribution in [2.24, 2.45) is 23.2 Å². The predicted molar refractivity (Wildman–Crippen MR) is 126 cm³/mol. The molecule has 178 valence electrons. The first-order valence-corrected chi connectivity index (χ1v) is 12.5. The van der Waals surface area contributed by atoms with Gasteiger partial charge < -0.3 is 20.3 Å². The Morgan fingerprint density at radius 2 is 1.79 bits per heavy atom. The summed E-state index contributed by atoms with van der Waals surface area (Å²) in [5, 5.41) is 5.98. The number of carbonyl (C=O) groups is 3. The van der Waals surface area contributed by atoms with E-state index < -0.39 is 0 Å². The highest BCUT2D eigenvalue weighted by molar-refractivity contribution is 5.97. The second kappa shape index (κ2) is 8.99. The van der Waals surface area contributed by atoms with Crippen molar-refractivity contribution in [1.82, 2.24) is 5.32 Å². The van der Waals surface area contributed by atoms with Gasteiger partial charge in [-0.15, -0.1) is 0 Å². The summed E-state index contributed by atoms with van der Waals surface area (Å²) >= 11 is 0. The number of methoxy groups -OCH3 is 1. The first kappa shape index (κ1) is 22.2. The van der Waals surface area contributed by atoms with Gasteiger partial charge in [0.2, 0.25) is 17.7 Å². The van der Waals surface area contributed by atoms with Gasteiger partial charge in [0.05, 0.1) is 12.8 Å². The second-order valence-corrected chi connectivity index (χ2v) is 10.6. The van der Waals surface area contributed by atoms with Crippen LogP contribution in [0.15, 0.2) is 18.2 Å². The average Bonchev–Trinajstić information content (AvgIpc) is 2.78. The topological polar surface area (TPSA) is 87.7 Å². The number of hydrogen-bond acceptors (Lipinski definition) is 4. The molecule has 2 N–H and O–H groups in total. The van der Waals surface area contributed by atoms with Crippen molar-refractivity contribution in [3.05, 3.63) is 18.2 Å². The molecule has 1 aliphatic heterocycles. The molecule has 7 nitrogen and oxygen atoms in total. The Morgan fingerprint density at radius 3 is 2.42 bits per heavy atom. The third-order valence-electron chi connectivity index (χ3n) is 8.23. The van der Waals surface area contributed by atoms with E-state index in [0.29, 0.717) is 36.6 Å². The monoisotopic (exact) mass is 453 g/mol. The Balaban J connectivity index is 1.16. The number of nitrogens with zero attached hydrogens (tertiary/aromatic N) is 1. The Hall–Kier alpha value is -2.57. The van der Waals surface area contributed by atoms with Gasteiger partial charge in [0, 0.05) is 37.0 Å². The molecule has 6 rings (SSSR count). The Morgan fingerprint density at radius 1 is 1.09 bits per heavy atom. The number of benzene rings is 1. The van der Waals surface area contributed by atoms with Gasteiger partial charge in [-0.2, -0.15) is 0 Å². The molecule has 33 heavy (non-hydrogen) atoms. The molecule has 4 saturated carbocycles. The highest BCUT2D eigenvalue weighted by Crippen LogP contribution is 2.60. The van der Waals surface area contributed by atoms with Crippen LogP contribution in [-0.2, 0) is 14.4 Å². The average molecular weight is 454 g/mol. The third kappa shape index (κ3) is 4.46. The van der Waals surface area contributed by atoms with E-state index in [2.05, 4.69) is 10.6 Å². The molecule has 3 amide bonds. The summed E-state index contributed by atoms with van der Waals surface area (Å²) in [5.41, 5.74) is 1.13. The molecule has 1 aromatic rings. The van der Waals surface area contributed by atoms with Gasteiger partial charge in [-0.05, 0) is 87.3 Å². The number of anilines is 2. The van der Waals surface area contributed by atoms with Gasteiger partial charge in [-0.25, -0.2) is 0 Å². The number of carbonyl (C=O) groups excluding carboxylic acids is 3. The number of ether oxygens (including phenoxy) is 1. The number of rotatable bonds is 7. The Labute approximate surface area is 195 Å². The summed E-state index contributed by atoms with van der Waals surface area (Å²) in [4.78, 5) is 39.8. The van der Waals surface area contributed by atoms with Gasteiger partial charge in [-0.1, -0.05) is 0 Å². The smallest absolute Gasteiger partial charge is 0.227 e. The zero-order chi connectivity index (χ0) is 23.0. The lowest BCUT2D eigenvalue weighted by atomic mass is 9.49. The molecule has 0 atom stereocenters. The fourth-order valence-corrected chi connectivity index (χ4v) is 7.13. The highest BCUT2D eigenvalue weighted by atomic mass is 16.5. The number of hydrogen-bond donors (Lipinski definition) is 2. The van der Waals surface area contributed by atoms with Gasteiger partial charge in [0.25, 0.3) is 0 Å². The summed E-state index contributed by atoms with van der Waals surface area (Å²) in [6.07, 6.45) is 9.62. The lowest BCUT2D eigenvalue weighted by molar-refractivity contribution is -0.146. The van der Waals surface area contributed by atoms with Crippen LogP contribution in [-0.4, -0.2) is 37.9 Å². The first-order chi connectivity index (χ1) is 16.0. The van der Waals surface area contributed by atoms with Crippen molar-refractivity contribution in [3.63, 3.8) is 0 Å². The molecule has 1 heterocycles. The predicted octanol–water partition coefficient (Wildman–Crippen LogP) is 3.87. The molecule has 4 aliphatic carbocycles. The molecule has 1 aromatic carbocycles. The maximum atomic E-state index is 13.1. The fourth-order valence-electron chi connectivity index (χ4n) is 7.13. The third-order valence-corrected chi connectivity index (χ3v) is 8.23. The Bertz CT molecular complexity index is 908. The molecule has 0 spiro atoms. The van der Waals surface area contributed by atoms with Gasteiger partial charge >= 0.3 is 0 Å². The Kier molecular flexibility index (Phi) is 6.06. The standard InChI is InChI=1S/C26H35N3O4/c1-33-22-6-5-20(13-21(22)29-9-3-2-4-24(29)31)28-23(30)7-8-27-25(32)26-14-17-10-18(15-26)12-19(11-17)16-26/h5-6,13,17-19H,2-4,7-12,14-16H2,1H3,(H,27,32)(H,28,30). The maximum Gasteiger partial charge on any atom is 0.227 e. The van der Waals surface area contributed by atoms with Crippen LogP contribution in [0.3, 0.4) is 0 Å².